The highest BCUT2D eigenvalue weighted by atomic mass is 35.5. The number of aromatic nitrogens is 2. The van der Waals surface area contributed by atoms with Gasteiger partial charge in [-0.3, -0.25) is 14.4 Å². The molecule has 0 aliphatic rings. The van der Waals surface area contributed by atoms with Crippen LogP contribution in [0.2, 0.25) is 5.02 Å². The number of benzene rings is 3. The molecule has 1 heterocycles. The standard InChI is InChI=1S/C24H21ClN4O5S/c1-16-7-13-19(14-8-16)35(31,32)29(20-5-3-4-6-21(20)33-2)15-22(30)26-24-28-27-23(34-24)17-9-11-18(25)12-10-17/h3-14H,15H2,1-2H3,(H,26,28,30). The van der Waals surface area contributed by atoms with E-state index in [1.807, 2.05) is 6.92 Å². The Kier molecular flexibility index (Phi) is 7.04. The van der Waals surface area contributed by atoms with Crippen LogP contribution in [-0.2, 0) is 14.8 Å². The van der Waals surface area contributed by atoms with E-state index in [0.29, 0.717) is 16.3 Å². The third-order valence-electron chi connectivity index (χ3n) is 5.01. The number of aryl methyl sites for hydroxylation is 1. The predicted molar refractivity (Wildman–Crippen MR) is 132 cm³/mol. The Hall–Kier alpha value is -3.89. The summed E-state index contributed by atoms with van der Waals surface area (Å²) in [4.78, 5) is 12.9. The molecule has 0 saturated heterocycles. The van der Waals surface area contributed by atoms with Crippen molar-refractivity contribution >= 4 is 39.2 Å². The molecule has 0 spiro atoms. The first kappa shape index (κ1) is 24.2. The molecular weight excluding hydrogens is 492 g/mol. The Balaban J connectivity index is 1.62. The molecular formula is C24H21ClN4O5S. The number of anilines is 2. The zero-order valence-electron chi connectivity index (χ0n) is 18.8. The number of methoxy groups -OCH3 is 1. The van der Waals surface area contributed by atoms with Crippen LogP contribution in [0.3, 0.4) is 0 Å². The van der Waals surface area contributed by atoms with Crippen LogP contribution in [0.15, 0.2) is 82.1 Å². The number of nitrogens with zero attached hydrogens (tertiary/aromatic N) is 3. The largest absolute Gasteiger partial charge is 0.495 e. The fourth-order valence-electron chi connectivity index (χ4n) is 3.25. The zero-order chi connectivity index (χ0) is 25.0. The molecule has 0 fully saturated rings. The van der Waals surface area contributed by atoms with Crippen molar-refractivity contribution < 1.29 is 22.4 Å². The first-order chi connectivity index (χ1) is 16.8. The molecule has 1 amide bonds. The summed E-state index contributed by atoms with van der Waals surface area (Å²) >= 11 is 5.90. The second-order valence-corrected chi connectivity index (χ2v) is 9.76. The fourth-order valence-corrected chi connectivity index (χ4v) is 4.80. The maximum absolute atomic E-state index is 13.5. The fraction of sp³-hybridized carbons (Fsp3) is 0.125. The van der Waals surface area contributed by atoms with E-state index >= 15 is 0 Å². The Morgan fingerprint density at radius 3 is 2.40 bits per heavy atom. The average molecular weight is 513 g/mol. The number of sulfonamides is 1. The van der Waals surface area contributed by atoms with Gasteiger partial charge in [0.05, 0.1) is 17.7 Å². The van der Waals surface area contributed by atoms with Crippen LogP contribution in [0.1, 0.15) is 5.56 Å². The van der Waals surface area contributed by atoms with Crippen molar-refractivity contribution in [3.63, 3.8) is 0 Å². The Bertz CT molecular complexity index is 1440. The minimum absolute atomic E-state index is 0.0321. The molecule has 3 aromatic carbocycles. The number of carbonyl (C=O) groups is 1. The maximum atomic E-state index is 13.5. The number of amides is 1. The van der Waals surface area contributed by atoms with E-state index in [2.05, 4.69) is 15.5 Å². The summed E-state index contributed by atoms with van der Waals surface area (Å²) < 4.78 is 38.9. The summed E-state index contributed by atoms with van der Waals surface area (Å²) in [6, 6.07) is 19.4. The average Bonchev–Trinajstić information content (AvgIpc) is 3.31. The van der Waals surface area contributed by atoms with Crippen LogP contribution in [-0.4, -0.2) is 38.2 Å². The SMILES string of the molecule is COc1ccccc1N(CC(=O)Nc1nnc(-c2ccc(Cl)cc2)o1)S(=O)(=O)c1ccc(C)cc1. The second-order valence-electron chi connectivity index (χ2n) is 7.46. The molecule has 0 radical (unpaired) electrons. The number of halogens is 1. The van der Waals surface area contributed by atoms with Crippen molar-refractivity contribution in [2.75, 3.05) is 23.3 Å². The number of rotatable bonds is 8. The first-order valence-corrected chi connectivity index (χ1v) is 12.2. The molecule has 0 bridgehead atoms. The van der Waals surface area contributed by atoms with Gasteiger partial charge in [0.15, 0.2) is 0 Å². The molecule has 1 aromatic heterocycles. The summed E-state index contributed by atoms with van der Waals surface area (Å²) in [5, 5.41) is 10.7. The van der Waals surface area contributed by atoms with Crippen molar-refractivity contribution in [1.29, 1.82) is 0 Å². The van der Waals surface area contributed by atoms with Crippen LogP contribution in [0.25, 0.3) is 11.5 Å². The van der Waals surface area contributed by atoms with Gasteiger partial charge < -0.3 is 9.15 Å². The molecule has 35 heavy (non-hydrogen) atoms. The minimum atomic E-state index is -4.12. The molecule has 11 heteroatoms. The lowest BCUT2D eigenvalue weighted by Crippen LogP contribution is -2.38. The lowest BCUT2D eigenvalue weighted by molar-refractivity contribution is -0.114. The molecule has 4 aromatic rings. The van der Waals surface area contributed by atoms with Gasteiger partial charge in [0.1, 0.15) is 12.3 Å². The normalized spacial score (nSPS) is 11.2. The van der Waals surface area contributed by atoms with E-state index in [1.165, 1.54) is 19.2 Å². The molecule has 0 aliphatic heterocycles. The topological polar surface area (TPSA) is 115 Å². The van der Waals surface area contributed by atoms with Crippen molar-refractivity contribution in [3.05, 3.63) is 83.4 Å². The quantitative estimate of drug-likeness (QED) is 0.368. The summed E-state index contributed by atoms with van der Waals surface area (Å²) in [7, 11) is -2.70. The highest BCUT2D eigenvalue weighted by Gasteiger charge is 2.29. The van der Waals surface area contributed by atoms with Gasteiger partial charge in [-0.2, -0.15) is 0 Å². The molecule has 0 atom stereocenters. The van der Waals surface area contributed by atoms with E-state index < -0.39 is 22.5 Å². The highest BCUT2D eigenvalue weighted by Crippen LogP contribution is 2.32. The van der Waals surface area contributed by atoms with E-state index in [-0.39, 0.29) is 22.5 Å². The van der Waals surface area contributed by atoms with Crippen LogP contribution >= 0.6 is 11.6 Å². The number of hydrogen-bond donors (Lipinski definition) is 1. The summed E-state index contributed by atoms with van der Waals surface area (Å²) in [5.41, 5.74) is 1.72. The molecule has 0 saturated carbocycles. The summed E-state index contributed by atoms with van der Waals surface area (Å²) in [6.45, 7) is 1.29. The number of hydrogen-bond acceptors (Lipinski definition) is 7. The maximum Gasteiger partial charge on any atom is 0.322 e. The molecule has 180 valence electrons. The van der Waals surface area contributed by atoms with Gasteiger partial charge in [0.25, 0.3) is 10.0 Å². The monoisotopic (exact) mass is 512 g/mol. The van der Waals surface area contributed by atoms with Gasteiger partial charge in [0, 0.05) is 10.6 Å². The van der Waals surface area contributed by atoms with Crippen LogP contribution in [0.4, 0.5) is 11.7 Å². The van der Waals surface area contributed by atoms with E-state index in [0.717, 1.165) is 9.87 Å². The Morgan fingerprint density at radius 2 is 1.71 bits per heavy atom. The summed E-state index contributed by atoms with van der Waals surface area (Å²) in [5.74, 6) is -0.220. The molecule has 1 N–H and O–H groups in total. The van der Waals surface area contributed by atoms with Crippen LogP contribution < -0.4 is 14.4 Å². The Morgan fingerprint density at radius 1 is 1.03 bits per heavy atom. The Labute approximate surface area is 207 Å². The first-order valence-electron chi connectivity index (χ1n) is 10.4. The number of nitrogens with one attached hydrogen (secondary N) is 1. The zero-order valence-corrected chi connectivity index (χ0v) is 20.4. The van der Waals surface area contributed by atoms with E-state index in [4.69, 9.17) is 20.8 Å². The van der Waals surface area contributed by atoms with Gasteiger partial charge in [-0.15, -0.1) is 5.10 Å². The number of ether oxygens (including phenoxy) is 1. The second kappa shape index (κ2) is 10.2. The van der Waals surface area contributed by atoms with Gasteiger partial charge in [-0.1, -0.05) is 46.5 Å². The molecule has 0 aliphatic carbocycles. The van der Waals surface area contributed by atoms with Gasteiger partial charge in [-0.05, 0) is 55.5 Å². The van der Waals surface area contributed by atoms with Crippen molar-refractivity contribution in [3.8, 4) is 17.2 Å². The van der Waals surface area contributed by atoms with Gasteiger partial charge in [0.2, 0.25) is 11.8 Å². The van der Waals surface area contributed by atoms with Crippen LogP contribution in [0.5, 0.6) is 5.75 Å². The van der Waals surface area contributed by atoms with Crippen LogP contribution in [0, 0.1) is 6.92 Å². The number of carbonyl (C=O) groups excluding carboxylic acids is 1. The molecule has 0 unspecified atom stereocenters. The number of para-hydroxylation sites is 2. The summed E-state index contributed by atoms with van der Waals surface area (Å²) in [6.07, 6.45) is 0. The van der Waals surface area contributed by atoms with Gasteiger partial charge >= 0.3 is 6.01 Å². The van der Waals surface area contributed by atoms with Crippen molar-refractivity contribution in [2.24, 2.45) is 0 Å². The van der Waals surface area contributed by atoms with E-state index in [9.17, 15) is 13.2 Å². The molecule has 9 nitrogen and oxygen atoms in total. The lowest BCUT2D eigenvalue weighted by atomic mass is 10.2. The lowest BCUT2D eigenvalue weighted by Gasteiger charge is -2.25. The predicted octanol–water partition coefficient (Wildman–Crippen LogP) is 4.54. The smallest absolute Gasteiger partial charge is 0.322 e. The molecule has 4 rings (SSSR count). The third kappa shape index (κ3) is 5.44. The van der Waals surface area contributed by atoms with Crippen molar-refractivity contribution in [1.82, 2.24) is 10.2 Å². The van der Waals surface area contributed by atoms with E-state index in [1.54, 1.807) is 60.7 Å². The third-order valence-corrected chi connectivity index (χ3v) is 7.04. The highest BCUT2D eigenvalue weighted by molar-refractivity contribution is 7.92. The van der Waals surface area contributed by atoms with Crippen molar-refractivity contribution in [2.45, 2.75) is 11.8 Å². The minimum Gasteiger partial charge on any atom is -0.495 e. The van der Waals surface area contributed by atoms with Gasteiger partial charge in [-0.25, -0.2) is 8.42 Å².